The summed E-state index contributed by atoms with van der Waals surface area (Å²) in [5.41, 5.74) is 7.28. The molecule has 2 aromatic carbocycles. The lowest BCUT2D eigenvalue weighted by atomic mass is 10.0. The average molecular weight is 393 g/mol. The van der Waals surface area contributed by atoms with Crippen LogP contribution in [0.25, 0.3) is 10.8 Å². The van der Waals surface area contributed by atoms with Crippen molar-refractivity contribution in [3.63, 3.8) is 0 Å². The molecule has 1 unspecified atom stereocenters. The van der Waals surface area contributed by atoms with Gasteiger partial charge in [-0.25, -0.2) is 4.79 Å². The van der Waals surface area contributed by atoms with E-state index in [1.807, 2.05) is 30.3 Å². The van der Waals surface area contributed by atoms with Gasteiger partial charge in [-0.3, -0.25) is 4.90 Å². The molecule has 0 saturated heterocycles. The Labute approximate surface area is 169 Å². The highest BCUT2D eigenvalue weighted by Crippen LogP contribution is 2.24. The molecule has 0 spiro atoms. The van der Waals surface area contributed by atoms with Gasteiger partial charge in [0.1, 0.15) is 6.61 Å². The second-order valence-corrected chi connectivity index (χ2v) is 6.94. The molecule has 150 valence electrons. The van der Waals surface area contributed by atoms with Crippen molar-refractivity contribution in [2.45, 2.75) is 52.5 Å². The van der Waals surface area contributed by atoms with Crippen LogP contribution < -0.4 is 5.73 Å². The van der Waals surface area contributed by atoms with Gasteiger partial charge in [-0.2, -0.15) is 0 Å². The van der Waals surface area contributed by atoms with Crippen LogP contribution in [0.2, 0.25) is 0 Å². The van der Waals surface area contributed by atoms with Gasteiger partial charge in [0.05, 0.1) is 5.56 Å². The largest absolute Gasteiger partial charge is 0.460 e. The third-order valence-electron chi connectivity index (χ3n) is 4.85. The molecule has 4 nitrogen and oxygen atoms in total. The predicted molar refractivity (Wildman–Crippen MR) is 117 cm³/mol. The molecule has 27 heavy (non-hydrogen) atoms. The zero-order chi connectivity index (χ0) is 18.9. The van der Waals surface area contributed by atoms with Crippen molar-refractivity contribution in [1.29, 1.82) is 0 Å². The summed E-state index contributed by atoms with van der Waals surface area (Å²) >= 11 is 0. The Kier molecular flexibility index (Phi) is 10.2. The van der Waals surface area contributed by atoms with E-state index in [1.54, 1.807) is 6.07 Å². The fourth-order valence-corrected chi connectivity index (χ4v) is 3.17. The first kappa shape index (κ1) is 23.3. The number of unbranched alkanes of at least 4 members (excludes halogenated alkanes) is 2. The number of halogens is 1. The molecule has 1 atom stereocenters. The van der Waals surface area contributed by atoms with Crippen LogP contribution in [0.5, 0.6) is 0 Å². The summed E-state index contributed by atoms with van der Waals surface area (Å²) in [5.74, 6) is -0.279. The maximum Gasteiger partial charge on any atom is 0.338 e. The molecule has 0 fully saturated rings. The van der Waals surface area contributed by atoms with Gasteiger partial charge in [0, 0.05) is 17.1 Å². The van der Waals surface area contributed by atoms with E-state index in [1.165, 1.54) is 25.7 Å². The number of hydrogen-bond donors (Lipinski definition) is 1. The lowest BCUT2D eigenvalue weighted by Crippen LogP contribution is -2.38. The van der Waals surface area contributed by atoms with Crippen molar-refractivity contribution in [3.05, 3.63) is 42.0 Å². The Morgan fingerprint density at radius 1 is 1.04 bits per heavy atom. The molecular weight excluding hydrogens is 360 g/mol. The van der Waals surface area contributed by atoms with E-state index in [9.17, 15) is 4.79 Å². The number of nitrogens with zero attached hydrogens (tertiary/aromatic N) is 1. The van der Waals surface area contributed by atoms with Crippen molar-refractivity contribution in [1.82, 2.24) is 4.90 Å². The van der Waals surface area contributed by atoms with Crippen molar-refractivity contribution in [2.24, 2.45) is 0 Å². The van der Waals surface area contributed by atoms with Crippen LogP contribution in [-0.2, 0) is 4.74 Å². The highest BCUT2D eigenvalue weighted by molar-refractivity contribution is 6.07. The summed E-state index contributed by atoms with van der Waals surface area (Å²) in [6.07, 6.45) is 4.69. The Hall–Kier alpha value is -1.78. The van der Waals surface area contributed by atoms with Gasteiger partial charge in [0.15, 0.2) is 0 Å². The van der Waals surface area contributed by atoms with E-state index >= 15 is 0 Å². The summed E-state index contributed by atoms with van der Waals surface area (Å²) in [5, 5.41) is 1.74. The number of benzene rings is 2. The van der Waals surface area contributed by atoms with E-state index in [4.69, 9.17) is 10.5 Å². The van der Waals surface area contributed by atoms with Gasteiger partial charge in [-0.05, 0) is 50.4 Å². The topological polar surface area (TPSA) is 55.6 Å². The fraction of sp³-hybridized carbons (Fsp3) is 0.500. The number of nitrogen functional groups attached to an aromatic ring is 1. The molecule has 2 N–H and O–H groups in total. The summed E-state index contributed by atoms with van der Waals surface area (Å²) in [4.78, 5) is 15.1. The number of esters is 1. The summed E-state index contributed by atoms with van der Waals surface area (Å²) < 4.78 is 5.66. The molecular formula is C22H33ClN2O2. The predicted octanol–water partition coefficient (Wildman–Crippen LogP) is 5.29. The first-order chi connectivity index (χ1) is 12.6. The van der Waals surface area contributed by atoms with Crippen LogP contribution in [-0.4, -0.2) is 36.6 Å². The van der Waals surface area contributed by atoms with Gasteiger partial charge >= 0.3 is 5.97 Å². The van der Waals surface area contributed by atoms with Crippen molar-refractivity contribution >= 4 is 34.8 Å². The molecule has 0 aliphatic heterocycles. The number of nitrogens with two attached hydrogens (primary N) is 1. The molecule has 0 aromatic heterocycles. The van der Waals surface area contributed by atoms with Crippen molar-refractivity contribution in [3.8, 4) is 0 Å². The maximum absolute atomic E-state index is 12.6. The Morgan fingerprint density at radius 3 is 2.26 bits per heavy atom. The van der Waals surface area contributed by atoms with E-state index in [0.717, 1.165) is 23.9 Å². The SMILES string of the molecule is CCCCN(CCCC)C(C)COC(=O)c1cccc2c(N)cccc12.Cl. The number of anilines is 1. The molecule has 0 aliphatic carbocycles. The summed E-state index contributed by atoms with van der Waals surface area (Å²) in [6, 6.07) is 11.4. The van der Waals surface area contributed by atoms with Crippen LogP contribution in [0.3, 0.4) is 0 Å². The second kappa shape index (κ2) is 11.8. The minimum atomic E-state index is -0.279. The maximum atomic E-state index is 12.6. The molecule has 0 radical (unpaired) electrons. The molecule has 0 saturated carbocycles. The Balaban J connectivity index is 0.00000364. The molecule has 2 aromatic rings. The molecule has 0 heterocycles. The quantitative estimate of drug-likeness (QED) is 0.440. The van der Waals surface area contributed by atoms with Crippen molar-refractivity contribution < 1.29 is 9.53 Å². The minimum Gasteiger partial charge on any atom is -0.460 e. The van der Waals surface area contributed by atoms with Crippen LogP contribution in [0.15, 0.2) is 36.4 Å². The van der Waals surface area contributed by atoms with Crippen LogP contribution >= 0.6 is 12.4 Å². The number of hydrogen-bond acceptors (Lipinski definition) is 4. The average Bonchev–Trinajstić information content (AvgIpc) is 2.66. The smallest absolute Gasteiger partial charge is 0.338 e. The van der Waals surface area contributed by atoms with Gasteiger partial charge in [0.25, 0.3) is 0 Å². The molecule has 2 rings (SSSR count). The Morgan fingerprint density at radius 2 is 1.63 bits per heavy atom. The molecule has 0 bridgehead atoms. The normalized spacial score (nSPS) is 12.0. The zero-order valence-electron chi connectivity index (χ0n) is 16.7. The van der Waals surface area contributed by atoms with Gasteiger partial charge in [0.2, 0.25) is 0 Å². The molecule has 0 aliphatic rings. The summed E-state index contributed by atoms with van der Waals surface area (Å²) in [6.45, 7) is 9.06. The third-order valence-corrected chi connectivity index (χ3v) is 4.85. The summed E-state index contributed by atoms with van der Waals surface area (Å²) in [7, 11) is 0. The molecule has 5 heteroatoms. The first-order valence-corrected chi connectivity index (χ1v) is 9.76. The molecule has 0 amide bonds. The first-order valence-electron chi connectivity index (χ1n) is 9.76. The minimum absolute atomic E-state index is 0. The lowest BCUT2D eigenvalue weighted by Gasteiger charge is -2.28. The third kappa shape index (κ3) is 6.40. The fourth-order valence-electron chi connectivity index (χ4n) is 3.17. The lowest BCUT2D eigenvalue weighted by molar-refractivity contribution is 0.0369. The number of rotatable bonds is 10. The van der Waals surface area contributed by atoms with Crippen LogP contribution in [0, 0.1) is 0 Å². The monoisotopic (exact) mass is 392 g/mol. The highest BCUT2D eigenvalue weighted by Gasteiger charge is 2.17. The highest BCUT2D eigenvalue weighted by atomic mass is 35.5. The van der Waals surface area contributed by atoms with Crippen molar-refractivity contribution in [2.75, 3.05) is 25.4 Å². The standard InChI is InChI=1S/C22H32N2O2.ClH/c1-4-6-14-24(15-7-5-2)17(3)16-26-22(25)20-12-8-11-19-18(20)10-9-13-21(19)23;/h8-13,17H,4-7,14-16,23H2,1-3H3;1H. The number of ether oxygens (including phenoxy) is 1. The van der Waals surface area contributed by atoms with E-state index in [-0.39, 0.29) is 24.4 Å². The Bertz CT molecular complexity index is 713. The van der Waals surface area contributed by atoms with E-state index in [0.29, 0.717) is 17.9 Å². The van der Waals surface area contributed by atoms with Gasteiger partial charge in [-0.15, -0.1) is 12.4 Å². The van der Waals surface area contributed by atoms with Gasteiger partial charge in [-0.1, -0.05) is 51.0 Å². The number of carbonyl (C=O) groups excluding carboxylic acids is 1. The van der Waals surface area contributed by atoms with Gasteiger partial charge < -0.3 is 10.5 Å². The van der Waals surface area contributed by atoms with Crippen LogP contribution in [0.1, 0.15) is 56.8 Å². The second-order valence-electron chi connectivity index (χ2n) is 6.94. The van der Waals surface area contributed by atoms with E-state index in [2.05, 4.69) is 25.7 Å². The van der Waals surface area contributed by atoms with E-state index < -0.39 is 0 Å². The zero-order valence-corrected chi connectivity index (χ0v) is 17.6. The number of fused-ring (bicyclic) bond motifs is 1. The number of carbonyl (C=O) groups is 1. The van der Waals surface area contributed by atoms with Crippen LogP contribution in [0.4, 0.5) is 5.69 Å².